The third kappa shape index (κ3) is 2.81. The molecule has 1 aromatic carbocycles. The molecule has 1 aromatic rings. The first kappa shape index (κ1) is 12.7. The number of hydrogen-bond donors (Lipinski definition) is 1. The molecule has 0 saturated carbocycles. The van der Waals surface area contributed by atoms with Crippen LogP contribution in [-0.2, 0) is 4.57 Å². The molecule has 0 saturated heterocycles. The lowest BCUT2D eigenvalue weighted by atomic mass is 10.3. The van der Waals surface area contributed by atoms with E-state index in [1.165, 1.54) is 12.1 Å². The lowest BCUT2D eigenvalue weighted by molar-refractivity contribution is -0.384. The summed E-state index contributed by atoms with van der Waals surface area (Å²) in [7, 11) is -3.48. The molecule has 0 aliphatic heterocycles. The number of nitrogens with zero attached hydrogens (tertiary/aromatic N) is 1. The summed E-state index contributed by atoms with van der Waals surface area (Å²) in [6.07, 6.45) is 0. The van der Waals surface area contributed by atoms with Crippen molar-refractivity contribution in [1.29, 1.82) is 0 Å². The van der Waals surface area contributed by atoms with Crippen molar-refractivity contribution in [3.8, 4) is 5.75 Å². The Morgan fingerprint density at radius 2 is 2.19 bits per heavy atom. The Morgan fingerprint density at radius 3 is 2.62 bits per heavy atom. The van der Waals surface area contributed by atoms with E-state index in [1.54, 1.807) is 6.92 Å². The summed E-state index contributed by atoms with van der Waals surface area (Å²) >= 11 is 0. The van der Waals surface area contributed by atoms with Crippen LogP contribution in [0.5, 0.6) is 5.75 Å². The fraction of sp³-hybridized carbons (Fsp3) is 0.333. The lowest BCUT2D eigenvalue weighted by Crippen LogP contribution is -2.10. The maximum atomic E-state index is 11.5. The Balaban J connectivity index is 3.30. The van der Waals surface area contributed by atoms with Crippen molar-refractivity contribution in [3.63, 3.8) is 0 Å². The number of ether oxygens (including phenoxy) is 1. The molecule has 0 spiro atoms. The molecule has 0 radical (unpaired) electrons. The first-order chi connectivity index (χ1) is 7.36. The van der Waals surface area contributed by atoms with Gasteiger partial charge in [-0.1, -0.05) is 0 Å². The van der Waals surface area contributed by atoms with Crippen LogP contribution >= 0.6 is 7.37 Å². The molecule has 0 heterocycles. The van der Waals surface area contributed by atoms with E-state index in [0.29, 0.717) is 0 Å². The van der Waals surface area contributed by atoms with Gasteiger partial charge in [0, 0.05) is 12.7 Å². The number of non-ortho nitro benzene ring substituents is 1. The van der Waals surface area contributed by atoms with Gasteiger partial charge >= 0.3 is 0 Å². The summed E-state index contributed by atoms with van der Waals surface area (Å²) < 4.78 is 16.6. The van der Waals surface area contributed by atoms with Crippen LogP contribution < -0.4 is 10.0 Å². The Labute approximate surface area is 92.5 Å². The molecule has 0 aliphatic rings. The quantitative estimate of drug-likeness (QED) is 0.493. The molecule has 6 nitrogen and oxygen atoms in total. The standard InChI is InChI=1S/C9H12NO5P/c1-3-15-8-6-7(10(11)12)4-5-9(8)16(2,13)14/h4-6H,3H2,1-2H3,(H,13,14). The second-order valence-electron chi connectivity index (χ2n) is 3.22. The highest BCUT2D eigenvalue weighted by Gasteiger charge is 2.22. The number of rotatable bonds is 4. The largest absolute Gasteiger partial charge is 0.493 e. The highest BCUT2D eigenvalue weighted by Crippen LogP contribution is 2.39. The van der Waals surface area contributed by atoms with Crippen molar-refractivity contribution in [3.05, 3.63) is 28.3 Å². The molecule has 0 fully saturated rings. The molecule has 0 bridgehead atoms. The smallest absolute Gasteiger partial charge is 0.273 e. The first-order valence-electron chi connectivity index (χ1n) is 4.58. The number of nitro benzene ring substituents is 1. The summed E-state index contributed by atoms with van der Waals surface area (Å²) in [4.78, 5) is 19.4. The molecule has 0 aliphatic carbocycles. The van der Waals surface area contributed by atoms with Crippen molar-refractivity contribution in [1.82, 2.24) is 0 Å². The molecule has 1 unspecified atom stereocenters. The second-order valence-corrected chi connectivity index (χ2v) is 5.46. The van der Waals surface area contributed by atoms with Crippen molar-refractivity contribution < 1.29 is 19.1 Å². The van der Waals surface area contributed by atoms with Gasteiger partial charge < -0.3 is 9.63 Å². The summed E-state index contributed by atoms with van der Waals surface area (Å²) in [5.74, 6) is 0.0880. The van der Waals surface area contributed by atoms with Gasteiger partial charge in [0.15, 0.2) is 0 Å². The van der Waals surface area contributed by atoms with Gasteiger partial charge in [-0.05, 0) is 13.0 Å². The molecule has 7 heteroatoms. The van der Waals surface area contributed by atoms with Crippen LogP contribution in [0.4, 0.5) is 5.69 Å². The molecule has 0 aromatic heterocycles. The minimum atomic E-state index is -3.48. The molecule has 0 amide bonds. The van der Waals surface area contributed by atoms with Gasteiger partial charge in [-0.3, -0.25) is 14.7 Å². The highest BCUT2D eigenvalue weighted by atomic mass is 31.2. The minimum Gasteiger partial charge on any atom is -0.493 e. The maximum Gasteiger partial charge on any atom is 0.273 e. The fourth-order valence-electron chi connectivity index (χ4n) is 1.23. The predicted molar refractivity (Wildman–Crippen MR) is 59.6 cm³/mol. The Morgan fingerprint density at radius 1 is 1.56 bits per heavy atom. The summed E-state index contributed by atoms with van der Waals surface area (Å²) in [6.45, 7) is 3.13. The van der Waals surface area contributed by atoms with E-state index < -0.39 is 12.3 Å². The zero-order valence-corrected chi connectivity index (χ0v) is 9.81. The van der Waals surface area contributed by atoms with Gasteiger partial charge in [-0.25, -0.2) is 0 Å². The van der Waals surface area contributed by atoms with Crippen LogP contribution in [0.1, 0.15) is 6.92 Å². The lowest BCUT2D eigenvalue weighted by Gasteiger charge is -2.11. The number of nitro groups is 1. The summed E-state index contributed by atoms with van der Waals surface area (Å²) in [5, 5.41) is 10.6. The van der Waals surface area contributed by atoms with Crippen LogP contribution in [0.3, 0.4) is 0 Å². The molecular weight excluding hydrogens is 233 g/mol. The molecule has 1 N–H and O–H groups in total. The zero-order valence-electron chi connectivity index (χ0n) is 8.91. The number of hydrogen-bond acceptors (Lipinski definition) is 4. The highest BCUT2D eigenvalue weighted by molar-refractivity contribution is 7.65. The van der Waals surface area contributed by atoms with Gasteiger partial charge in [0.05, 0.1) is 22.9 Å². The van der Waals surface area contributed by atoms with Crippen molar-refractivity contribution in [2.24, 2.45) is 0 Å². The number of benzene rings is 1. The molecule has 88 valence electrons. The normalized spacial score (nSPS) is 14.2. The minimum absolute atomic E-state index is 0.0880. The van der Waals surface area contributed by atoms with Crippen molar-refractivity contribution in [2.45, 2.75) is 6.92 Å². The van der Waals surface area contributed by atoms with E-state index >= 15 is 0 Å². The maximum absolute atomic E-state index is 11.5. The summed E-state index contributed by atoms with van der Waals surface area (Å²) in [6, 6.07) is 3.60. The first-order valence-corrected chi connectivity index (χ1v) is 6.69. The van der Waals surface area contributed by atoms with Gasteiger partial charge in [0.2, 0.25) is 7.37 Å². The van der Waals surface area contributed by atoms with Crippen LogP contribution in [0.2, 0.25) is 0 Å². The third-order valence-corrected chi connectivity index (χ3v) is 3.16. The topological polar surface area (TPSA) is 89.7 Å². The summed E-state index contributed by atoms with van der Waals surface area (Å²) in [5.41, 5.74) is -0.166. The SMILES string of the molecule is CCOc1cc([N+](=O)[O-])ccc1P(C)(=O)O. The van der Waals surface area contributed by atoms with Gasteiger partial charge in [0.25, 0.3) is 5.69 Å². The zero-order chi connectivity index (χ0) is 12.3. The predicted octanol–water partition coefficient (Wildman–Crippen LogP) is 1.52. The molecule has 16 heavy (non-hydrogen) atoms. The van der Waals surface area contributed by atoms with Crippen molar-refractivity contribution in [2.75, 3.05) is 13.3 Å². The second kappa shape index (κ2) is 4.63. The fourth-order valence-corrected chi connectivity index (χ4v) is 2.12. The van der Waals surface area contributed by atoms with Crippen LogP contribution in [0, 0.1) is 10.1 Å². The Kier molecular flexibility index (Phi) is 3.67. The van der Waals surface area contributed by atoms with E-state index in [4.69, 9.17) is 4.74 Å². The van der Waals surface area contributed by atoms with Gasteiger partial charge in [-0.15, -0.1) is 0 Å². The average molecular weight is 245 g/mol. The molecule has 1 atom stereocenters. The van der Waals surface area contributed by atoms with Crippen LogP contribution in [0.25, 0.3) is 0 Å². The van der Waals surface area contributed by atoms with E-state index in [2.05, 4.69) is 0 Å². The monoisotopic (exact) mass is 245 g/mol. The van der Waals surface area contributed by atoms with E-state index in [1.807, 2.05) is 0 Å². The van der Waals surface area contributed by atoms with E-state index in [0.717, 1.165) is 12.7 Å². The van der Waals surface area contributed by atoms with Gasteiger partial charge in [-0.2, -0.15) is 0 Å². The van der Waals surface area contributed by atoms with Gasteiger partial charge in [0.1, 0.15) is 5.75 Å². The van der Waals surface area contributed by atoms with Crippen LogP contribution in [0.15, 0.2) is 18.2 Å². The van der Waals surface area contributed by atoms with E-state index in [9.17, 15) is 19.6 Å². The Hall–Kier alpha value is -1.39. The van der Waals surface area contributed by atoms with E-state index in [-0.39, 0.29) is 23.3 Å². The average Bonchev–Trinajstić information content (AvgIpc) is 2.16. The molecular formula is C9H12NO5P. The third-order valence-electron chi connectivity index (χ3n) is 1.90. The Bertz CT molecular complexity index is 453. The molecule has 1 rings (SSSR count). The van der Waals surface area contributed by atoms with Crippen LogP contribution in [-0.4, -0.2) is 23.1 Å². The van der Waals surface area contributed by atoms with Crippen molar-refractivity contribution >= 4 is 18.4 Å².